The van der Waals surface area contributed by atoms with Crippen molar-refractivity contribution in [2.24, 2.45) is 0 Å². The summed E-state index contributed by atoms with van der Waals surface area (Å²) in [6, 6.07) is 0. The second kappa shape index (κ2) is 5.72. The smallest absolute Gasteiger partial charge is 0.246 e. The van der Waals surface area contributed by atoms with Gasteiger partial charge < -0.3 is 15.4 Å². The summed E-state index contributed by atoms with van der Waals surface area (Å²) in [5, 5.41) is 6.01. The van der Waals surface area contributed by atoms with Gasteiger partial charge in [-0.15, -0.1) is 0 Å². The number of amides is 1. The second-order valence-corrected chi connectivity index (χ2v) is 3.03. The third-order valence-corrected chi connectivity index (χ3v) is 1.95. The van der Waals surface area contributed by atoms with Crippen LogP contribution in [0, 0.1) is 0 Å². The van der Waals surface area contributed by atoms with Crippen LogP contribution in [0.5, 0.6) is 0 Å². The molecule has 1 aliphatic rings. The van der Waals surface area contributed by atoms with Gasteiger partial charge >= 0.3 is 0 Å². The standard InChI is InChI=1S/C9H16N2O2/c1-13-7-9(12)11-6-8-2-4-10-5-3-8/h2,10H,3-7H2,1H3,(H,11,12). The lowest BCUT2D eigenvalue weighted by molar-refractivity contribution is -0.124. The molecule has 0 aromatic carbocycles. The fourth-order valence-electron chi connectivity index (χ4n) is 1.22. The van der Waals surface area contributed by atoms with Crippen LogP contribution in [0.4, 0.5) is 0 Å². The lowest BCUT2D eigenvalue weighted by Gasteiger charge is -2.14. The molecule has 0 saturated heterocycles. The zero-order chi connectivity index (χ0) is 9.52. The predicted molar refractivity (Wildman–Crippen MR) is 50.5 cm³/mol. The van der Waals surface area contributed by atoms with E-state index in [1.54, 1.807) is 0 Å². The van der Waals surface area contributed by atoms with E-state index in [1.165, 1.54) is 12.7 Å². The van der Waals surface area contributed by atoms with Gasteiger partial charge in [-0.1, -0.05) is 11.6 Å². The van der Waals surface area contributed by atoms with Crippen LogP contribution >= 0.6 is 0 Å². The molecule has 0 atom stereocenters. The van der Waals surface area contributed by atoms with Gasteiger partial charge in [0.05, 0.1) is 0 Å². The van der Waals surface area contributed by atoms with Gasteiger partial charge in [0.1, 0.15) is 6.61 Å². The first kappa shape index (κ1) is 10.2. The monoisotopic (exact) mass is 184 g/mol. The van der Waals surface area contributed by atoms with E-state index in [1.807, 2.05) is 0 Å². The van der Waals surface area contributed by atoms with E-state index < -0.39 is 0 Å². The molecule has 4 nitrogen and oxygen atoms in total. The molecule has 0 aromatic rings. The average molecular weight is 184 g/mol. The third kappa shape index (κ3) is 4.05. The van der Waals surface area contributed by atoms with Gasteiger partial charge in [0, 0.05) is 20.2 Å². The van der Waals surface area contributed by atoms with Crippen molar-refractivity contribution in [1.29, 1.82) is 0 Å². The van der Waals surface area contributed by atoms with Crippen molar-refractivity contribution in [2.45, 2.75) is 6.42 Å². The van der Waals surface area contributed by atoms with Gasteiger partial charge in [-0.05, 0) is 13.0 Å². The Bertz CT molecular complexity index is 202. The minimum atomic E-state index is -0.0538. The number of hydrogen-bond donors (Lipinski definition) is 2. The van der Waals surface area contributed by atoms with Crippen LogP contribution in [0.3, 0.4) is 0 Å². The zero-order valence-corrected chi connectivity index (χ0v) is 7.93. The number of carbonyl (C=O) groups is 1. The Hall–Kier alpha value is -0.870. The molecule has 0 fully saturated rings. The van der Waals surface area contributed by atoms with E-state index in [0.29, 0.717) is 6.54 Å². The SMILES string of the molecule is COCC(=O)NCC1=CCNCC1. The number of hydrogen-bond acceptors (Lipinski definition) is 3. The van der Waals surface area contributed by atoms with Crippen molar-refractivity contribution in [2.75, 3.05) is 33.4 Å². The van der Waals surface area contributed by atoms with Crippen molar-refractivity contribution in [3.63, 3.8) is 0 Å². The lowest BCUT2D eigenvalue weighted by Crippen LogP contribution is -2.31. The van der Waals surface area contributed by atoms with Crippen molar-refractivity contribution in [3.8, 4) is 0 Å². The Morgan fingerprint density at radius 1 is 1.77 bits per heavy atom. The molecule has 0 unspecified atom stereocenters. The highest BCUT2D eigenvalue weighted by atomic mass is 16.5. The first-order valence-corrected chi connectivity index (χ1v) is 4.47. The molecular formula is C9H16N2O2. The molecule has 4 heteroatoms. The van der Waals surface area contributed by atoms with Crippen LogP contribution < -0.4 is 10.6 Å². The number of methoxy groups -OCH3 is 1. The van der Waals surface area contributed by atoms with E-state index in [0.717, 1.165) is 19.5 Å². The number of rotatable bonds is 4. The molecule has 13 heavy (non-hydrogen) atoms. The minimum absolute atomic E-state index is 0.0538. The van der Waals surface area contributed by atoms with Crippen LogP contribution in [0.2, 0.25) is 0 Å². The van der Waals surface area contributed by atoms with Crippen LogP contribution in [-0.2, 0) is 9.53 Å². The maximum Gasteiger partial charge on any atom is 0.246 e. The first-order valence-electron chi connectivity index (χ1n) is 4.47. The van der Waals surface area contributed by atoms with Crippen LogP contribution in [0.15, 0.2) is 11.6 Å². The van der Waals surface area contributed by atoms with Gasteiger partial charge in [0.15, 0.2) is 0 Å². The van der Waals surface area contributed by atoms with Crippen LogP contribution in [-0.4, -0.2) is 39.3 Å². The maximum atomic E-state index is 11.0. The Morgan fingerprint density at radius 3 is 3.23 bits per heavy atom. The van der Waals surface area contributed by atoms with E-state index in [9.17, 15) is 4.79 Å². The molecule has 0 aromatic heterocycles. The highest BCUT2D eigenvalue weighted by Gasteiger charge is 2.04. The van der Waals surface area contributed by atoms with Gasteiger partial charge in [-0.3, -0.25) is 4.79 Å². The quantitative estimate of drug-likeness (QED) is 0.588. The maximum absolute atomic E-state index is 11.0. The molecule has 0 spiro atoms. The summed E-state index contributed by atoms with van der Waals surface area (Å²) in [4.78, 5) is 11.0. The largest absolute Gasteiger partial charge is 0.375 e. The van der Waals surface area contributed by atoms with E-state index in [2.05, 4.69) is 16.7 Å². The molecule has 0 aliphatic carbocycles. The molecule has 0 radical (unpaired) electrons. The summed E-state index contributed by atoms with van der Waals surface area (Å²) >= 11 is 0. The van der Waals surface area contributed by atoms with Crippen molar-refractivity contribution < 1.29 is 9.53 Å². The minimum Gasteiger partial charge on any atom is -0.375 e. The molecule has 0 saturated carbocycles. The first-order chi connectivity index (χ1) is 6.33. The summed E-state index contributed by atoms with van der Waals surface area (Å²) < 4.78 is 4.70. The Balaban J connectivity index is 2.17. The fourth-order valence-corrected chi connectivity index (χ4v) is 1.22. The van der Waals surface area contributed by atoms with Crippen LogP contribution in [0.25, 0.3) is 0 Å². The highest BCUT2D eigenvalue weighted by molar-refractivity contribution is 5.77. The Morgan fingerprint density at radius 2 is 2.62 bits per heavy atom. The number of carbonyl (C=O) groups excluding carboxylic acids is 1. The summed E-state index contributed by atoms with van der Waals surface area (Å²) in [5.41, 5.74) is 1.29. The second-order valence-electron chi connectivity index (χ2n) is 3.03. The zero-order valence-electron chi connectivity index (χ0n) is 7.93. The van der Waals surface area contributed by atoms with Crippen LogP contribution in [0.1, 0.15) is 6.42 Å². The molecule has 74 valence electrons. The predicted octanol–water partition coefficient (Wildman–Crippen LogP) is -0.331. The molecule has 2 N–H and O–H groups in total. The molecule has 1 rings (SSSR count). The van der Waals surface area contributed by atoms with Gasteiger partial charge in [0.2, 0.25) is 5.91 Å². The van der Waals surface area contributed by atoms with E-state index >= 15 is 0 Å². The average Bonchev–Trinajstić information content (AvgIpc) is 2.17. The highest BCUT2D eigenvalue weighted by Crippen LogP contribution is 2.01. The normalized spacial score (nSPS) is 16.5. The summed E-state index contributed by atoms with van der Waals surface area (Å²) in [7, 11) is 1.52. The summed E-state index contributed by atoms with van der Waals surface area (Å²) in [6.07, 6.45) is 3.14. The fraction of sp³-hybridized carbons (Fsp3) is 0.667. The van der Waals surface area contributed by atoms with Crippen molar-refractivity contribution >= 4 is 5.91 Å². The summed E-state index contributed by atoms with van der Waals surface area (Å²) in [5.74, 6) is -0.0538. The van der Waals surface area contributed by atoms with E-state index in [4.69, 9.17) is 4.74 Å². The van der Waals surface area contributed by atoms with Gasteiger partial charge in [-0.25, -0.2) is 0 Å². The Kier molecular flexibility index (Phi) is 4.49. The topological polar surface area (TPSA) is 50.4 Å². The van der Waals surface area contributed by atoms with E-state index in [-0.39, 0.29) is 12.5 Å². The Labute approximate surface area is 78.3 Å². The number of nitrogens with one attached hydrogen (secondary N) is 2. The van der Waals surface area contributed by atoms with Crippen molar-refractivity contribution in [1.82, 2.24) is 10.6 Å². The molecular weight excluding hydrogens is 168 g/mol. The van der Waals surface area contributed by atoms with Gasteiger partial charge in [-0.2, -0.15) is 0 Å². The molecule has 0 bridgehead atoms. The molecule has 1 aliphatic heterocycles. The third-order valence-electron chi connectivity index (χ3n) is 1.95. The molecule has 1 amide bonds. The van der Waals surface area contributed by atoms with Crippen molar-refractivity contribution in [3.05, 3.63) is 11.6 Å². The van der Waals surface area contributed by atoms with Gasteiger partial charge in [0.25, 0.3) is 0 Å². The molecule has 1 heterocycles. The number of ether oxygens (including phenoxy) is 1. The summed E-state index contributed by atoms with van der Waals surface area (Å²) in [6.45, 7) is 2.72. The lowest BCUT2D eigenvalue weighted by atomic mass is 10.1.